The van der Waals surface area contributed by atoms with E-state index >= 15 is 0 Å². The number of hydrogen-bond donors (Lipinski definition) is 2. The molecule has 0 radical (unpaired) electrons. The van der Waals surface area contributed by atoms with Crippen molar-refractivity contribution in [2.45, 2.75) is 51.9 Å². The highest BCUT2D eigenvalue weighted by Gasteiger charge is 2.31. The second kappa shape index (κ2) is 8.73. The largest absolute Gasteiger partial charge is 0.416 e. The summed E-state index contributed by atoms with van der Waals surface area (Å²) in [5.41, 5.74) is -1.03. The van der Waals surface area contributed by atoms with Crippen molar-refractivity contribution in [1.82, 2.24) is 20.0 Å². The molecule has 11 heteroatoms. The minimum atomic E-state index is -4.57. The molecule has 2 N–H and O–H groups in total. The Morgan fingerprint density at radius 3 is 2.56 bits per heavy atom. The highest BCUT2D eigenvalue weighted by atomic mass is 19.4. The molecule has 2 aromatic rings. The average molecular weight is 452 g/mol. The van der Waals surface area contributed by atoms with E-state index < -0.39 is 35.9 Å². The van der Waals surface area contributed by atoms with Gasteiger partial charge >= 0.3 is 6.18 Å². The second-order valence-electron chi connectivity index (χ2n) is 7.99. The van der Waals surface area contributed by atoms with Gasteiger partial charge in [-0.3, -0.25) is 14.4 Å². The van der Waals surface area contributed by atoms with Crippen LogP contribution in [0.4, 0.5) is 13.2 Å². The van der Waals surface area contributed by atoms with Gasteiger partial charge < -0.3 is 15.3 Å². The fourth-order valence-electron chi connectivity index (χ4n) is 3.52. The summed E-state index contributed by atoms with van der Waals surface area (Å²) < 4.78 is 40.3. The summed E-state index contributed by atoms with van der Waals surface area (Å²) in [4.78, 5) is 38.2. The van der Waals surface area contributed by atoms with Crippen LogP contribution < -0.4 is 10.9 Å². The van der Waals surface area contributed by atoms with E-state index in [1.807, 2.05) is 0 Å². The molecule has 0 aliphatic carbocycles. The Morgan fingerprint density at radius 2 is 1.97 bits per heavy atom. The van der Waals surface area contributed by atoms with Gasteiger partial charge in [-0.25, -0.2) is 4.68 Å². The molecule has 172 valence electrons. The Morgan fingerprint density at radius 1 is 1.28 bits per heavy atom. The van der Waals surface area contributed by atoms with Crippen molar-refractivity contribution in [3.05, 3.63) is 51.7 Å². The number of nitrogens with one attached hydrogen (secondary N) is 1. The van der Waals surface area contributed by atoms with Crippen LogP contribution in [0, 0.1) is 0 Å². The minimum absolute atomic E-state index is 0.0274. The summed E-state index contributed by atoms with van der Waals surface area (Å²) >= 11 is 0. The van der Waals surface area contributed by atoms with E-state index in [0.717, 1.165) is 22.9 Å². The number of hydrogen-bond acceptors (Lipinski definition) is 5. The first-order valence-electron chi connectivity index (χ1n) is 9.94. The first-order valence-corrected chi connectivity index (χ1v) is 9.94. The van der Waals surface area contributed by atoms with Gasteiger partial charge in [-0.05, 0) is 24.1 Å². The molecule has 3 rings (SSSR count). The number of aliphatic hydroxyl groups is 1. The van der Waals surface area contributed by atoms with Gasteiger partial charge in [0.15, 0.2) is 0 Å². The van der Waals surface area contributed by atoms with Crippen molar-refractivity contribution in [3.8, 4) is 0 Å². The molecule has 0 saturated carbocycles. The molecule has 1 aromatic carbocycles. The zero-order chi connectivity index (χ0) is 23.8. The van der Waals surface area contributed by atoms with Crippen LogP contribution in [0.25, 0.3) is 10.8 Å². The van der Waals surface area contributed by atoms with E-state index in [1.165, 1.54) is 18.0 Å². The first kappa shape index (κ1) is 23.5. The third-order valence-corrected chi connectivity index (χ3v) is 5.04. The molecule has 1 aliphatic heterocycles. The number of nitrogens with zero attached hydrogens (tertiary/aromatic N) is 3. The Labute approximate surface area is 181 Å². The molecule has 1 atom stereocenters. The standard InChI is InChI=1S/C21H23F3N4O4/c1-11(2)19-17-6-13(21(22,23)24)4-5-16(17)20(32)28(26-19)10-18(31)25-14-7-15(30)9-27(8-14)12(3)29/h4-6,8,11,15,30H,7,9-10H2,1-3H3,(H,25,31)/t15-/m1/s1. The molecule has 2 amide bonds. The van der Waals surface area contributed by atoms with Gasteiger partial charge in [0.1, 0.15) is 6.54 Å². The fraction of sp³-hybridized carbons (Fsp3) is 0.429. The van der Waals surface area contributed by atoms with Crippen LogP contribution in [-0.2, 0) is 22.3 Å². The Hall–Kier alpha value is -3.21. The molecule has 0 unspecified atom stereocenters. The number of carbonyl (C=O) groups excluding carboxylic acids is 2. The topological polar surface area (TPSA) is 105 Å². The van der Waals surface area contributed by atoms with E-state index in [2.05, 4.69) is 10.4 Å². The number of benzene rings is 1. The highest BCUT2D eigenvalue weighted by molar-refractivity contribution is 5.85. The third-order valence-electron chi connectivity index (χ3n) is 5.04. The number of aromatic nitrogens is 2. The Balaban J connectivity index is 1.94. The van der Waals surface area contributed by atoms with Gasteiger partial charge in [0.2, 0.25) is 11.8 Å². The summed E-state index contributed by atoms with van der Waals surface area (Å²) in [5.74, 6) is -1.23. The van der Waals surface area contributed by atoms with Crippen molar-refractivity contribution >= 4 is 22.6 Å². The van der Waals surface area contributed by atoms with Gasteiger partial charge in [0.25, 0.3) is 5.56 Å². The van der Waals surface area contributed by atoms with E-state index in [1.54, 1.807) is 13.8 Å². The van der Waals surface area contributed by atoms with Crippen LogP contribution in [0.2, 0.25) is 0 Å². The number of alkyl halides is 3. The molecule has 0 spiro atoms. The smallest absolute Gasteiger partial charge is 0.391 e. The molecular weight excluding hydrogens is 429 g/mol. The molecule has 0 fully saturated rings. The van der Waals surface area contributed by atoms with Crippen LogP contribution in [0.5, 0.6) is 0 Å². The summed E-state index contributed by atoms with van der Waals surface area (Å²) in [6.45, 7) is 4.40. The fourth-order valence-corrected chi connectivity index (χ4v) is 3.52. The molecule has 2 heterocycles. The lowest BCUT2D eigenvalue weighted by Gasteiger charge is -2.28. The molecule has 1 aromatic heterocycles. The van der Waals surface area contributed by atoms with Crippen molar-refractivity contribution < 1.29 is 27.9 Å². The van der Waals surface area contributed by atoms with Gasteiger partial charge in [-0.1, -0.05) is 13.8 Å². The number of rotatable bonds is 4. The maximum Gasteiger partial charge on any atom is 0.416 e. The predicted octanol–water partition coefficient (Wildman–Crippen LogP) is 2.11. The van der Waals surface area contributed by atoms with Crippen LogP contribution in [0.1, 0.15) is 44.4 Å². The van der Waals surface area contributed by atoms with Crippen LogP contribution in [0.15, 0.2) is 34.9 Å². The van der Waals surface area contributed by atoms with E-state index in [9.17, 15) is 32.7 Å². The maximum absolute atomic E-state index is 13.1. The molecular formula is C21H23F3N4O4. The number of halogens is 3. The van der Waals surface area contributed by atoms with Gasteiger partial charge in [0.05, 0.1) is 29.3 Å². The summed E-state index contributed by atoms with van der Waals surface area (Å²) in [6.07, 6.45) is -3.88. The first-order chi connectivity index (χ1) is 14.9. The number of β-amino-alcohol motifs (C(OH)–C–C–N with tert-alkyl or cyclic N) is 1. The second-order valence-corrected chi connectivity index (χ2v) is 7.99. The van der Waals surface area contributed by atoms with Gasteiger partial charge in [-0.15, -0.1) is 0 Å². The van der Waals surface area contributed by atoms with E-state index in [0.29, 0.717) is 5.70 Å². The van der Waals surface area contributed by atoms with Crippen LogP contribution in [-0.4, -0.2) is 44.3 Å². The van der Waals surface area contributed by atoms with Crippen molar-refractivity contribution in [2.24, 2.45) is 0 Å². The zero-order valence-corrected chi connectivity index (χ0v) is 17.7. The maximum atomic E-state index is 13.1. The SMILES string of the molecule is CC(=O)N1C=C(NC(=O)Cn2nc(C(C)C)c3cc(C(F)(F)F)ccc3c2=O)C[C@@H](O)C1. The lowest BCUT2D eigenvalue weighted by molar-refractivity contribution is -0.137. The summed E-state index contributed by atoms with van der Waals surface area (Å²) in [7, 11) is 0. The molecule has 0 bridgehead atoms. The summed E-state index contributed by atoms with van der Waals surface area (Å²) in [6, 6.07) is 2.81. The molecule has 8 nitrogen and oxygen atoms in total. The van der Waals surface area contributed by atoms with Crippen molar-refractivity contribution in [1.29, 1.82) is 0 Å². The monoisotopic (exact) mass is 452 g/mol. The Bertz CT molecular complexity index is 1150. The van der Waals surface area contributed by atoms with E-state index in [-0.39, 0.29) is 41.3 Å². The average Bonchev–Trinajstić information content (AvgIpc) is 2.68. The minimum Gasteiger partial charge on any atom is -0.391 e. The highest BCUT2D eigenvalue weighted by Crippen LogP contribution is 2.32. The van der Waals surface area contributed by atoms with Crippen molar-refractivity contribution in [2.75, 3.05) is 6.54 Å². The molecule has 1 aliphatic rings. The number of amides is 2. The molecule has 0 saturated heterocycles. The van der Waals surface area contributed by atoms with Gasteiger partial charge in [-0.2, -0.15) is 18.3 Å². The molecule has 32 heavy (non-hydrogen) atoms. The number of aliphatic hydroxyl groups excluding tert-OH is 1. The Kier molecular flexibility index (Phi) is 6.40. The lowest BCUT2D eigenvalue weighted by Crippen LogP contribution is -2.41. The third kappa shape index (κ3) is 4.98. The normalized spacial score (nSPS) is 16.9. The lowest BCUT2D eigenvalue weighted by atomic mass is 10.0. The van der Waals surface area contributed by atoms with Crippen LogP contribution >= 0.6 is 0 Å². The zero-order valence-electron chi connectivity index (χ0n) is 17.7. The van der Waals surface area contributed by atoms with E-state index in [4.69, 9.17) is 0 Å². The van der Waals surface area contributed by atoms with Crippen LogP contribution in [0.3, 0.4) is 0 Å². The predicted molar refractivity (Wildman–Crippen MR) is 109 cm³/mol. The quantitative estimate of drug-likeness (QED) is 0.740. The summed E-state index contributed by atoms with van der Waals surface area (Å²) in [5, 5.41) is 16.7. The number of carbonyl (C=O) groups is 2. The van der Waals surface area contributed by atoms with Crippen molar-refractivity contribution in [3.63, 3.8) is 0 Å². The number of fused-ring (bicyclic) bond motifs is 1. The van der Waals surface area contributed by atoms with Gasteiger partial charge in [0, 0.05) is 30.6 Å².